The van der Waals surface area contributed by atoms with E-state index in [1.54, 1.807) is 6.07 Å². The monoisotopic (exact) mass is 268 g/mol. The van der Waals surface area contributed by atoms with Crippen molar-refractivity contribution in [2.45, 2.75) is 25.6 Å². The van der Waals surface area contributed by atoms with Crippen molar-refractivity contribution in [2.24, 2.45) is 0 Å². The fraction of sp³-hybridized carbons (Fsp3) is 0.462. The zero-order chi connectivity index (χ0) is 12.5. The SMILES string of the molecule is FC1CCN(Cc2noc3ccc(Cl)cc23)CC1. The standard InChI is InChI=1S/C13H14ClFN2O/c14-9-1-2-13-11(7-9)12(16-18-13)8-17-5-3-10(15)4-6-17/h1-2,7,10H,3-6,8H2. The van der Waals surface area contributed by atoms with E-state index in [4.69, 9.17) is 16.1 Å². The van der Waals surface area contributed by atoms with Gasteiger partial charge in [0, 0.05) is 30.0 Å². The first-order valence-corrected chi connectivity index (χ1v) is 6.50. The molecule has 1 fully saturated rings. The van der Waals surface area contributed by atoms with Gasteiger partial charge in [0.25, 0.3) is 0 Å². The molecule has 0 radical (unpaired) electrons. The van der Waals surface area contributed by atoms with Crippen LogP contribution >= 0.6 is 11.6 Å². The highest BCUT2D eigenvalue weighted by molar-refractivity contribution is 6.31. The van der Waals surface area contributed by atoms with Crippen molar-refractivity contribution in [3.05, 3.63) is 28.9 Å². The summed E-state index contributed by atoms with van der Waals surface area (Å²) in [6.07, 6.45) is 0.567. The van der Waals surface area contributed by atoms with Crippen molar-refractivity contribution in [3.63, 3.8) is 0 Å². The molecule has 2 aromatic rings. The van der Waals surface area contributed by atoms with Gasteiger partial charge < -0.3 is 4.52 Å². The lowest BCUT2D eigenvalue weighted by Gasteiger charge is -2.27. The van der Waals surface area contributed by atoms with E-state index in [2.05, 4.69) is 10.1 Å². The van der Waals surface area contributed by atoms with Crippen LogP contribution in [0, 0.1) is 0 Å². The molecule has 2 heterocycles. The molecule has 1 aliphatic heterocycles. The Balaban J connectivity index is 1.80. The van der Waals surface area contributed by atoms with Crippen LogP contribution in [0.3, 0.4) is 0 Å². The third-order valence-electron chi connectivity index (χ3n) is 3.40. The van der Waals surface area contributed by atoms with E-state index in [0.29, 0.717) is 24.4 Å². The molecule has 18 heavy (non-hydrogen) atoms. The maximum Gasteiger partial charge on any atom is 0.167 e. The molecule has 1 saturated heterocycles. The van der Waals surface area contributed by atoms with Gasteiger partial charge >= 0.3 is 0 Å². The predicted molar refractivity (Wildman–Crippen MR) is 68.4 cm³/mol. The molecule has 0 aliphatic carbocycles. The number of halogens is 2. The van der Waals surface area contributed by atoms with Crippen molar-refractivity contribution in [1.82, 2.24) is 10.1 Å². The maximum absolute atomic E-state index is 13.1. The molecule has 3 rings (SSSR count). The van der Waals surface area contributed by atoms with Crippen LogP contribution in [0.15, 0.2) is 22.7 Å². The summed E-state index contributed by atoms with van der Waals surface area (Å²) in [5.41, 5.74) is 1.62. The topological polar surface area (TPSA) is 29.3 Å². The van der Waals surface area contributed by atoms with Crippen LogP contribution in [0.1, 0.15) is 18.5 Å². The molecule has 96 valence electrons. The molecule has 0 amide bonds. The molecule has 3 nitrogen and oxygen atoms in total. The van der Waals surface area contributed by atoms with Crippen LogP contribution in [-0.4, -0.2) is 29.3 Å². The largest absolute Gasteiger partial charge is 0.356 e. The number of hydrogen-bond acceptors (Lipinski definition) is 3. The zero-order valence-electron chi connectivity index (χ0n) is 9.90. The molecule has 0 bridgehead atoms. The number of piperidine rings is 1. The lowest BCUT2D eigenvalue weighted by Crippen LogP contribution is -2.33. The van der Waals surface area contributed by atoms with Gasteiger partial charge in [0.2, 0.25) is 0 Å². The Morgan fingerprint density at radius 2 is 2.17 bits per heavy atom. The maximum atomic E-state index is 13.1. The molecule has 1 aliphatic rings. The fourth-order valence-corrected chi connectivity index (χ4v) is 2.52. The first-order valence-electron chi connectivity index (χ1n) is 6.12. The quantitative estimate of drug-likeness (QED) is 0.836. The minimum atomic E-state index is -0.648. The summed E-state index contributed by atoms with van der Waals surface area (Å²) in [5.74, 6) is 0. The van der Waals surface area contributed by atoms with Gasteiger partial charge in [0.15, 0.2) is 5.58 Å². The van der Waals surface area contributed by atoms with Gasteiger partial charge in [-0.2, -0.15) is 0 Å². The van der Waals surface area contributed by atoms with Crippen LogP contribution in [0.5, 0.6) is 0 Å². The van der Waals surface area contributed by atoms with Gasteiger partial charge in [0.1, 0.15) is 11.9 Å². The smallest absolute Gasteiger partial charge is 0.167 e. The molecule has 0 spiro atoms. The normalized spacial score (nSPS) is 18.6. The Morgan fingerprint density at radius 1 is 1.39 bits per heavy atom. The molecule has 5 heteroatoms. The third-order valence-corrected chi connectivity index (χ3v) is 3.63. The van der Waals surface area contributed by atoms with Gasteiger partial charge in [-0.15, -0.1) is 0 Å². The van der Waals surface area contributed by atoms with Crippen LogP contribution < -0.4 is 0 Å². The minimum Gasteiger partial charge on any atom is -0.356 e. The molecule has 1 aromatic carbocycles. The van der Waals surface area contributed by atoms with E-state index in [-0.39, 0.29) is 0 Å². The number of benzene rings is 1. The average molecular weight is 269 g/mol. The highest BCUT2D eigenvalue weighted by Gasteiger charge is 2.20. The first kappa shape index (κ1) is 11.9. The summed E-state index contributed by atoms with van der Waals surface area (Å²) in [6.45, 7) is 2.24. The molecule has 1 aromatic heterocycles. The lowest BCUT2D eigenvalue weighted by molar-refractivity contribution is 0.143. The van der Waals surface area contributed by atoms with Crippen molar-refractivity contribution >= 4 is 22.6 Å². The minimum absolute atomic E-state index is 0.608. The van der Waals surface area contributed by atoms with E-state index in [0.717, 1.165) is 29.8 Å². The van der Waals surface area contributed by atoms with Gasteiger partial charge in [0.05, 0.1) is 0 Å². The number of alkyl halides is 1. The molecular weight excluding hydrogens is 255 g/mol. The summed E-state index contributed by atoms with van der Waals surface area (Å²) in [4.78, 5) is 2.20. The van der Waals surface area contributed by atoms with Crippen molar-refractivity contribution in [3.8, 4) is 0 Å². The van der Waals surface area contributed by atoms with Gasteiger partial charge in [-0.1, -0.05) is 16.8 Å². The molecule has 0 atom stereocenters. The van der Waals surface area contributed by atoms with Crippen LogP contribution in [0.4, 0.5) is 4.39 Å². The average Bonchev–Trinajstić information content (AvgIpc) is 2.75. The summed E-state index contributed by atoms with van der Waals surface area (Å²) in [7, 11) is 0. The van der Waals surface area contributed by atoms with Crippen molar-refractivity contribution in [1.29, 1.82) is 0 Å². The molecular formula is C13H14ClFN2O. The number of nitrogens with zero attached hydrogens (tertiary/aromatic N) is 2. The van der Waals surface area contributed by atoms with Crippen molar-refractivity contribution < 1.29 is 8.91 Å². The number of aromatic nitrogens is 1. The van der Waals surface area contributed by atoms with Gasteiger partial charge in [-0.05, 0) is 31.0 Å². The third kappa shape index (κ3) is 2.35. The fourth-order valence-electron chi connectivity index (χ4n) is 2.35. The van der Waals surface area contributed by atoms with Crippen LogP contribution in [0.2, 0.25) is 5.02 Å². The summed E-state index contributed by atoms with van der Waals surface area (Å²) in [5, 5.41) is 5.70. The summed E-state index contributed by atoms with van der Waals surface area (Å²) < 4.78 is 18.3. The van der Waals surface area contributed by atoms with Gasteiger partial charge in [-0.3, -0.25) is 4.90 Å². The Labute approximate surface area is 109 Å². The first-order chi connectivity index (χ1) is 8.72. The highest BCUT2D eigenvalue weighted by Crippen LogP contribution is 2.24. The van der Waals surface area contributed by atoms with E-state index in [1.807, 2.05) is 12.1 Å². The lowest BCUT2D eigenvalue weighted by atomic mass is 10.1. The van der Waals surface area contributed by atoms with E-state index >= 15 is 0 Å². The summed E-state index contributed by atoms with van der Waals surface area (Å²) >= 11 is 5.98. The highest BCUT2D eigenvalue weighted by atomic mass is 35.5. The zero-order valence-corrected chi connectivity index (χ0v) is 10.7. The second-order valence-corrected chi connectivity index (χ2v) is 5.16. The Hall–Kier alpha value is -1.13. The van der Waals surface area contributed by atoms with E-state index in [9.17, 15) is 4.39 Å². The number of hydrogen-bond donors (Lipinski definition) is 0. The number of rotatable bonds is 2. The molecule has 0 N–H and O–H groups in total. The van der Waals surface area contributed by atoms with Crippen LogP contribution in [-0.2, 0) is 6.54 Å². The second kappa shape index (κ2) is 4.86. The van der Waals surface area contributed by atoms with Crippen molar-refractivity contribution in [2.75, 3.05) is 13.1 Å². The second-order valence-electron chi connectivity index (χ2n) is 4.72. The molecule has 0 saturated carbocycles. The Bertz CT molecular complexity index is 549. The Morgan fingerprint density at radius 3 is 2.94 bits per heavy atom. The van der Waals surface area contributed by atoms with E-state index in [1.165, 1.54) is 0 Å². The van der Waals surface area contributed by atoms with Gasteiger partial charge in [-0.25, -0.2) is 4.39 Å². The predicted octanol–water partition coefficient (Wildman–Crippen LogP) is 3.42. The Kier molecular flexibility index (Phi) is 3.22. The van der Waals surface area contributed by atoms with E-state index < -0.39 is 6.17 Å². The number of fused-ring (bicyclic) bond motifs is 1. The van der Waals surface area contributed by atoms with Crippen LogP contribution in [0.25, 0.3) is 11.0 Å². The number of likely N-dealkylation sites (tertiary alicyclic amines) is 1. The molecule has 0 unspecified atom stereocenters. The summed E-state index contributed by atoms with van der Waals surface area (Å²) in [6, 6.07) is 5.47.